The molecule has 178 valence electrons. The van der Waals surface area contributed by atoms with Gasteiger partial charge in [-0.15, -0.1) is 0 Å². The molecule has 34 heavy (non-hydrogen) atoms. The molecule has 0 aliphatic rings. The van der Waals surface area contributed by atoms with E-state index in [-0.39, 0.29) is 18.8 Å². The largest absolute Gasteiger partial charge is 0.416 e. The van der Waals surface area contributed by atoms with Crippen molar-refractivity contribution in [3.05, 3.63) is 88.9 Å². The molecular weight excluding hydrogens is 513 g/mol. The number of amides is 4. The summed E-state index contributed by atoms with van der Waals surface area (Å²) < 4.78 is 39.7. The van der Waals surface area contributed by atoms with Crippen molar-refractivity contribution in [1.82, 2.24) is 5.32 Å². The third kappa shape index (κ3) is 7.24. The highest BCUT2D eigenvalue weighted by atomic mass is 79.9. The second-order valence-electron chi connectivity index (χ2n) is 7.21. The van der Waals surface area contributed by atoms with Crippen LogP contribution in [0.4, 0.5) is 39.8 Å². The quantitative estimate of drug-likeness (QED) is 0.294. The molecule has 0 spiro atoms. The average Bonchev–Trinajstić information content (AvgIpc) is 2.80. The van der Waals surface area contributed by atoms with Crippen LogP contribution in [0.5, 0.6) is 0 Å². The van der Waals surface area contributed by atoms with Crippen LogP contribution in [0.3, 0.4) is 0 Å². The van der Waals surface area contributed by atoms with Crippen molar-refractivity contribution in [3.8, 4) is 0 Å². The van der Waals surface area contributed by atoms with E-state index in [9.17, 15) is 22.8 Å². The Balaban J connectivity index is 1.60. The third-order valence-electron chi connectivity index (χ3n) is 4.72. The number of hydrogen-bond acceptors (Lipinski definition) is 2. The Labute approximate surface area is 203 Å². The SMILES string of the molecule is O=C(NCCCN(C(=O)Nc1cccc(C(F)(F)F)c1)c1ccccc1)Nc1ccccc1Br. The van der Waals surface area contributed by atoms with Gasteiger partial charge in [0.25, 0.3) is 0 Å². The van der Waals surface area contributed by atoms with E-state index in [2.05, 4.69) is 31.9 Å². The molecule has 0 heterocycles. The third-order valence-corrected chi connectivity index (χ3v) is 5.41. The predicted octanol–water partition coefficient (Wildman–Crippen LogP) is 6.72. The van der Waals surface area contributed by atoms with Gasteiger partial charge >= 0.3 is 18.2 Å². The highest BCUT2D eigenvalue weighted by molar-refractivity contribution is 9.10. The molecule has 3 N–H and O–H groups in total. The highest BCUT2D eigenvalue weighted by Crippen LogP contribution is 2.31. The smallest absolute Gasteiger partial charge is 0.338 e. The van der Waals surface area contributed by atoms with E-state index in [1.807, 2.05) is 6.07 Å². The summed E-state index contributed by atoms with van der Waals surface area (Å²) in [6.07, 6.45) is -4.10. The van der Waals surface area contributed by atoms with Crippen LogP contribution in [0.1, 0.15) is 12.0 Å². The monoisotopic (exact) mass is 534 g/mol. The minimum Gasteiger partial charge on any atom is -0.338 e. The van der Waals surface area contributed by atoms with Gasteiger partial charge < -0.3 is 16.0 Å². The zero-order valence-corrected chi connectivity index (χ0v) is 19.5. The summed E-state index contributed by atoms with van der Waals surface area (Å²) in [7, 11) is 0. The maximum absolute atomic E-state index is 13.0. The first-order valence-corrected chi connectivity index (χ1v) is 11.1. The van der Waals surface area contributed by atoms with Gasteiger partial charge in [-0.1, -0.05) is 36.4 Å². The molecule has 0 aromatic heterocycles. The molecule has 3 aromatic carbocycles. The van der Waals surface area contributed by atoms with Gasteiger partial charge in [-0.2, -0.15) is 13.2 Å². The first-order chi connectivity index (χ1) is 16.2. The van der Waals surface area contributed by atoms with E-state index < -0.39 is 23.8 Å². The Morgan fingerprint density at radius 3 is 2.29 bits per heavy atom. The molecule has 4 amide bonds. The van der Waals surface area contributed by atoms with Gasteiger partial charge in [0.15, 0.2) is 0 Å². The van der Waals surface area contributed by atoms with Gasteiger partial charge in [0.1, 0.15) is 0 Å². The number of nitrogens with one attached hydrogen (secondary N) is 3. The molecule has 6 nitrogen and oxygen atoms in total. The second-order valence-corrected chi connectivity index (χ2v) is 8.06. The molecule has 10 heteroatoms. The molecule has 0 unspecified atom stereocenters. The van der Waals surface area contributed by atoms with E-state index in [1.54, 1.807) is 48.5 Å². The summed E-state index contributed by atoms with van der Waals surface area (Å²) in [6.45, 7) is 0.501. The summed E-state index contributed by atoms with van der Waals surface area (Å²) in [4.78, 5) is 26.5. The summed E-state index contributed by atoms with van der Waals surface area (Å²) in [6, 6.07) is 19.4. The van der Waals surface area contributed by atoms with Crippen molar-refractivity contribution in [2.24, 2.45) is 0 Å². The maximum Gasteiger partial charge on any atom is 0.416 e. The van der Waals surface area contributed by atoms with Crippen molar-refractivity contribution in [2.75, 3.05) is 28.6 Å². The van der Waals surface area contributed by atoms with Crippen LogP contribution < -0.4 is 20.9 Å². The number of para-hydroxylation sites is 2. The minimum absolute atomic E-state index is 0.0340. The van der Waals surface area contributed by atoms with Gasteiger partial charge in [0.05, 0.1) is 11.3 Å². The van der Waals surface area contributed by atoms with E-state index >= 15 is 0 Å². The van der Waals surface area contributed by atoms with E-state index in [4.69, 9.17) is 0 Å². The fourth-order valence-electron chi connectivity index (χ4n) is 3.09. The zero-order valence-electron chi connectivity index (χ0n) is 17.9. The summed E-state index contributed by atoms with van der Waals surface area (Å²) >= 11 is 3.35. The van der Waals surface area contributed by atoms with Crippen LogP contribution >= 0.6 is 15.9 Å². The van der Waals surface area contributed by atoms with E-state index in [0.717, 1.165) is 16.6 Å². The number of benzene rings is 3. The van der Waals surface area contributed by atoms with Crippen molar-refractivity contribution < 1.29 is 22.8 Å². The first kappa shape index (κ1) is 25.1. The lowest BCUT2D eigenvalue weighted by Gasteiger charge is -2.23. The van der Waals surface area contributed by atoms with Gasteiger partial charge in [0.2, 0.25) is 0 Å². The summed E-state index contributed by atoms with van der Waals surface area (Å²) in [5.41, 5.74) is 0.375. The van der Waals surface area contributed by atoms with Crippen molar-refractivity contribution >= 4 is 45.1 Å². The number of carbonyl (C=O) groups excluding carboxylic acids is 2. The number of nitrogens with zero attached hydrogens (tertiary/aromatic N) is 1. The maximum atomic E-state index is 13.0. The predicted molar refractivity (Wildman–Crippen MR) is 130 cm³/mol. The summed E-state index contributed by atoms with van der Waals surface area (Å²) in [5, 5.41) is 7.97. The Morgan fingerprint density at radius 2 is 1.59 bits per heavy atom. The zero-order chi connectivity index (χ0) is 24.6. The molecule has 3 rings (SSSR count). The number of carbonyl (C=O) groups is 2. The minimum atomic E-state index is -4.51. The van der Waals surface area contributed by atoms with Crippen LogP contribution in [-0.2, 0) is 6.18 Å². The van der Waals surface area contributed by atoms with Gasteiger partial charge in [-0.05, 0) is 64.8 Å². The van der Waals surface area contributed by atoms with E-state index in [1.165, 1.54) is 17.0 Å². The van der Waals surface area contributed by atoms with Crippen LogP contribution in [0.15, 0.2) is 83.3 Å². The van der Waals surface area contributed by atoms with Crippen LogP contribution in [-0.4, -0.2) is 25.2 Å². The standard InChI is InChI=1S/C24H22BrF3N4O2/c25-20-12-4-5-13-21(20)31-22(33)29-14-7-15-32(19-10-2-1-3-11-19)23(34)30-18-9-6-8-17(16-18)24(26,27)28/h1-6,8-13,16H,7,14-15H2,(H,30,34)(H2,29,31,33). The van der Waals surface area contributed by atoms with Gasteiger partial charge in [-0.25, -0.2) is 9.59 Å². The number of rotatable bonds is 7. The Bertz CT molecular complexity index is 1130. The van der Waals surface area contributed by atoms with Crippen molar-refractivity contribution in [2.45, 2.75) is 12.6 Å². The number of halogens is 4. The van der Waals surface area contributed by atoms with Crippen LogP contribution in [0.25, 0.3) is 0 Å². The van der Waals surface area contributed by atoms with Crippen molar-refractivity contribution in [1.29, 1.82) is 0 Å². The molecule has 0 bridgehead atoms. The number of alkyl halides is 3. The molecular formula is C24H22BrF3N4O2. The molecule has 0 aliphatic carbocycles. The molecule has 3 aromatic rings. The Hall–Kier alpha value is -3.53. The number of urea groups is 2. The van der Waals surface area contributed by atoms with Crippen molar-refractivity contribution in [3.63, 3.8) is 0 Å². The Morgan fingerprint density at radius 1 is 0.882 bits per heavy atom. The molecule has 0 atom stereocenters. The van der Waals surface area contributed by atoms with Gasteiger partial charge in [0, 0.05) is 28.9 Å². The molecule has 0 radical (unpaired) electrons. The number of anilines is 3. The highest BCUT2D eigenvalue weighted by Gasteiger charge is 2.30. The molecule has 0 aliphatic heterocycles. The lowest BCUT2D eigenvalue weighted by Crippen LogP contribution is -2.38. The molecule has 0 saturated carbocycles. The number of hydrogen-bond donors (Lipinski definition) is 3. The fraction of sp³-hybridized carbons (Fsp3) is 0.167. The Kier molecular flexibility index (Phi) is 8.53. The van der Waals surface area contributed by atoms with Crippen LogP contribution in [0.2, 0.25) is 0 Å². The lowest BCUT2D eigenvalue weighted by atomic mass is 10.2. The second kappa shape index (κ2) is 11.6. The summed E-state index contributed by atoms with van der Waals surface area (Å²) in [5.74, 6) is 0. The van der Waals surface area contributed by atoms with E-state index in [0.29, 0.717) is 17.8 Å². The average molecular weight is 535 g/mol. The normalized spacial score (nSPS) is 10.9. The first-order valence-electron chi connectivity index (χ1n) is 10.3. The topological polar surface area (TPSA) is 73.5 Å². The lowest BCUT2D eigenvalue weighted by molar-refractivity contribution is -0.137. The fourth-order valence-corrected chi connectivity index (χ4v) is 3.47. The molecule has 0 saturated heterocycles. The molecule has 0 fully saturated rings. The van der Waals surface area contributed by atoms with Gasteiger partial charge in [-0.3, -0.25) is 4.90 Å². The van der Waals surface area contributed by atoms with Crippen LogP contribution in [0, 0.1) is 0 Å².